The molecule has 0 heterocycles. The molecule has 0 radical (unpaired) electrons. The Balaban J connectivity index is 1.72. The molecule has 210 valence electrons. The summed E-state index contributed by atoms with van der Waals surface area (Å²) in [5.41, 5.74) is 4.24. The second-order valence-electron chi connectivity index (χ2n) is 9.49. The molecule has 0 saturated carbocycles. The Labute approximate surface area is 233 Å². The molecule has 3 aromatic carbocycles. The summed E-state index contributed by atoms with van der Waals surface area (Å²) in [6, 6.07) is 20.4. The van der Waals surface area contributed by atoms with Crippen LogP contribution in [0.2, 0.25) is 0 Å². The molecule has 0 aromatic heterocycles. The topological polar surface area (TPSA) is 142 Å². The molecule has 2 amide bonds. The Morgan fingerprint density at radius 2 is 1.38 bits per heavy atom. The van der Waals surface area contributed by atoms with Crippen molar-refractivity contribution in [3.05, 3.63) is 89.5 Å². The molecule has 9 nitrogen and oxygen atoms in total. The molecule has 1 unspecified atom stereocenters. The summed E-state index contributed by atoms with van der Waals surface area (Å²) in [4.78, 5) is 48.3. The third kappa shape index (κ3) is 8.69. The first kappa shape index (κ1) is 29.9. The SMILES string of the molecule is CCCCCNC(=O)C(Cc1ccc(OC(C(=O)O)C(=O)O)cc1)NC(=O)c1ccc(-c2ccc(C)cc2)cc1. The number of carbonyl (C=O) groups is 4. The standard InChI is InChI=1S/C31H34N2O7/c1-3-4-5-18-32-29(35)26(19-21-8-16-25(17-9-21)40-27(30(36)37)31(38)39)33-28(34)24-14-12-23(13-15-24)22-10-6-20(2)7-11-22/h6-17,26-27H,3-5,18-19H2,1-2H3,(H,32,35)(H,33,34)(H,36,37)(H,38,39). The maximum Gasteiger partial charge on any atom is 0.356 e. The maximum absolute atomic E-state index is 13.1. The van der Waals surface area contributed by atoms with Gasteiger partial charge in [0.25, 0.3) is 12.0 Å². The van der Waals surface area contributed by atoms with E-state index in [1.165, 1.54) is 12.1 Å². The van der Waals surface area contributed by atoms with Crippen molar-refractivity contribution in [2.45, 2.75) is 51.7 Å². The van der Waals surface area contributed by atoms with Crippen LogP contribution in [0.25, 0.3) is 11.1 Å². The van der Waals surface area contributed by atoms with Gasteiger partial charge < -0.3 is 25.6 Å². The van der Waals surface area contributed by atoms with Crippen LogP contribution < -0.4 is 15.4 Å². The predicted molar refractivity (Wildman–Crippen MR) is 150 cm³/mol. The highest BCUT2D eigenvalue weighted by Gasteiger charge is 2.28. The van der Waals surface area contributed by atoms with Crippen LogP contribution in [0, 0.1) is 6.92 Å². The van der Waals surface area contributed by atoms with Crippen LogP contribution in [0.3, 0.4) is 0 Å². The van der Waals surface area contributed by atoms with Crippen LogP contribution in [0.15, 0.2) is 72.8 Å². The van der Waals surface area contributed by atoms with Crippen LogP contribution in [0.5, 0.6) is 5.75 Å². The molecule has 0 saturated heterocycles. The van der Waals surface area contributed by atoms with E-state index in [1.807, 2.05) is 43.3 Å². The largest absolute Gasteiger partial charge is 0.478 e. The summed E-state index contributed by atoms with van der Waals surface area (Å²) in [7, 11) is 0. The van der Waals surface area contributed by atoms with Crippen molar-refractivity contribution in [2.24, 2.45) is 0 Å². The average molecular weight is 547 g/mol. The third-order valence-corrected chi connectivity index (χ3v) is 6.30. The number of carboxylic acids is 2. The van der Waals surface area contributed by atoms with Gasteiger partial charge >= 0.3 is 11.9 Å². The number of ether oxygens (including phenoxy) is 1. The van der Waals surface area contributed by atoms with E-state index in [0.717, 1.165) is 36.0 Å². The molecule has 0 aliphatic heterocycles. The van der Waals surface area contributed by atoms with E-state index in [1.54, 1.807) is 24.3 Å². The van der Waals surface area contributed by atoms with Crippen LogP contribution in [0.4, 0.5) is 0 Å². The van der Waals surface area contributed by atoms with Crippen LogP contribution in [-0.4, -0.2) is 52.7 Å². The molecule has 4 N–H and O–H groups in total. The fourth-order valence-electron chi connectivity index (χ4n) is 4.00. The van der Waals surface area contributed by atoms with Gasteiger partial charge in [0.2, 0.25) is 5.91 Å². The molecule has 1 atom stereocenters. The first-order valence-corrected chi connectivity index (χ1v) is 13.1. The first-order chi connectivity index (χ1) is 19.2. The van der Waals surface area contributed by atoms with Gasteiger partial charge in [-0.1, -0.05) is 73.9 Å². The van der Waals surface area contributed by atoms with Gasteiger partial charge in [0.05, 0.1) is 0 Å². The number of hydrogen-bond acceptors (Lipinski definition) is 5. The fourth-order valence-corrected chi connectivity index (χ4v) is 4.00. The number of benzene rings is 3. The minimum Gasteiger partial charge on any atom is -0.478 e. The van der Waals surface area contributed by atoms with Gasteiger partial charge in [0.15, 0.2) is 0 Å². The Morgan fingerprint density at radius 3 is 1.93 bits per heavy atom. The quantitative estimate of drug-likeness (QED) is 0.175. The first-order valence-electron chi connectivity index (χ1n) is 13.1. The molecule has 3 aromatic rings. The highest BCUT2D eigenvalue weighted by atomic mass is 16.5. The number of aryl methyl sites for hydroxylation is 1. The summed E-state index contributed by atoms with van der Waals surface area (Å²) < 4.78 is 5.04. The highest BCUT2D eigenvalue weighted by molar-refractivity contribution is 5.98. The van der Waals surface area contributed by atoms with Gasteiger partial charge in [0, 0.05) is 18.5 Å². The average Bonchev–Trinajstić information content (AvgIpc) is 2.94. The summed E-state index contributed by atoms with van der Waals surface area (Å²) in [6.07, 6.45) is 0.926. The number of nitrogens with one attached hydrogen (secondary N) is 2. The van der Waals surface area contributed by atoms with E-state index in [2.05, 4.69) is 17.6 Å². The molecule has 40 heavy (non-hydrogen) atoms. The monoisotopic (exact) mass is 546 g/mol. The van der Waals surface area contributed by atoms with E-state index in [-0.39, 0.29) is 18.1 Å². The molecule has 3 rings (SSSR count). The van der Waals surface area contributed by atoms with Crippen molar-refractivity contribution in [2.75, 3.05) is 6.54 Å². The van der Waals surface area contributed by atoms with Crippen LogP contribution in [0.1, 0.15) is 47.7 Å². The lowest BCUT2D eigenvalue weighted by molar-refractivity contribution is -0.159. The second-order valence-corrected chi connectivity index (χ2v) is 9.49. The minimum atomic E-state index is -2.04. The summed E-state index contributed by atoms with van der Waals surface area (Å²) in [6.45, 7) is 4.57. The Bertz CT molecular complexity index is 1290. The lowest BCUT2D eigenvalue weighted by Crippen LogP contribution is -2.48. The molecule has 0 spiro atoms. The molecular formula is C31H34N2O7. The van der Waals surface area contributed by atoms with Crippen molar-refractivity contribution in [1.29, 1.82) is 0 Å². The molecule has 0 bridgehead atoms. The summed E-state index contributed by atoms with van der Waals surface area (Å²) in [5, 5.41) is 23.7. The number of hydrogen-bond donors (Lipinski definition) is 4. The zero-order chi connectivity index (χ0) is 29.1. The molecule has 9 heteroatoms. The highest BCUT2D eigenvalue weighted by Crippen LogP contribution is 2.21. The van der Waals surface area contributed by atoms with E-state index in [9.17, 15) is 19.2 Å². The van der Waals surface area contributed by atoms with Gasteiger partial charge in [-0.2, -0.15) is 0 Å². The van der Waals surface area contributed by atoms with Gasteiger partial charge in [-0.25, -0.2) is 9.59 Å². The number of carbonyl (C=O) groups excluding carboxylic acids is 2. The smallest absolute Gasteiger partial charge is 0.356 e. The Hall–Kier alpha value is -4.66. The Morgan fingerprint density at radius 1 is 0.800 bits per heavy atom. The summed E-state index contributed by atoms with van der Waals surface area (Å²) >= 11 is 0. The lowest BCUT2D eigenvalue weighted by Gasteiger charge is -2.19. The molecule has 0 aliphatic rings. The van der Waals surface area contributed by atoms with Crippen LogP contribution >= 0.6 is 0 Å². The predicted octanol–water partition coefficient (Wildman–Crippen LogP) is 4.23. The normalized spacial score (nSPS) is 11.5. The van der Waals surface area contributed by atoms with Crippen LogP contribution in [-0.2, 0) is 20.8 Å². The van der Waals surface area contributed by atoms with Gasteiger partial charge in [-0.05, 0) is 54.3 Å². The maximum atomic E-state index is 13.1. The van der Waals surface area contributed by atoms with Crippen molar-refractivity contribution in [3.8, 4) is 16.9 Å². The second kappa shape index (κ2) is 14.5. The number of carboxylic acid groups (broad SMARTS) is 2. The fraction of sp³-hybridized carbons (Fsp3) is 0.290. The van der Waals surface area contributed by atoms with E-state index >= 15 is 0 Å². The number of amides is 2. The van der Waals surface area contributed by atoms with Gasteiger partial charge in [-0.3, -0.25) is 9.59 Å². The van der Waals surface area contributed by atoms with E-state index in [0.29, 0.717) is 17.7 Å². The zero-order valence-corrected chi connectivity index (χ0v) is 22.6. The molecule has 0 aliphatic carbocycles. The van der Waals surface area contributed by atoms with Crippen molar-refractivity contribution in [1.82, 2.24) is 10.6 Å². The number of aliphatic carboxylic acids is 2. The zero-order valence-electron chi connectivity index (χ0n) is 22.6. The van der Waals surface area contributed by atoms with E-state index < -0.39 is 30.0 Å². The third-order valence-electron chi connectivity index (χ3n) is 6.30. The van der Waals surface area contributed by atoms with Gasteiger partial charge in [0.1, 0.15) is 11.8 Å². The number of rotatable bonds is 14. The molecular weight excluding hydrogens is 512 g/mol. The van der Waals surface area contributed by atoms with Crippen molar-refractivity contribution < 1.29 is 34.1 Å². The van der Waals surface area contributed by atoms with Gasteiger partial charge in [-0.15, -0.1) is 0 Å². The lowest BCUT2D eigenvalue weighted by atomic mass is 10.0. The molecule has 0 fully saturated rings. The van der Waals surface area contributed by atoms with Crippen molar-refractivity contribution in [3.63, 3.8) is 0 Å². The van der Waals surface area contributed by atoms with E-state index in [4.69, 9.17) is 14.9 Å². The minimum absolute atomic E-state index is 0.0526. The van der Waals surface area contributed by atoms with Crippen molar-refractivity contribution >= 4 is 23.8 Å². The Kier molecular flexibility index (Phi) is 10.8. The number of unbranched alkanes of at least 4 members (excludes halogenated alkanes) is 2. The summed E-state index contributed by atoms with van der Waals surface area (Å²) in [5.74, 6) is -3.90.